The second-order valence-electron chi connectivity index (χ2n) is 4.89. The van der Waals surface area contributed by atoms with Crippen molar-refractivity contribution in [2.45, 2.75) is 33.4 Å². The molecule has 0 fully saturated rings. The van der Waals surface area contributed by atoms with Crippen LogP contribution in [0.4, 0.5) is 0 Å². The van der Waals surface area contributed by atoms with Crippen molar-refractivity contribution >= 4 is 26.8 Å². The molecule has 1 aromatic heterocycles. The molecule has 0 saturated carbocycles. The number of hydrogen-bond donors (Lipinski definition) is 1. The van der Waals surface area contributed by atoms with E-state index in [0.717, 1.165) is 22.4 Å². The van der Waals surface area contributed by atoms with Gasteiger partial charge < -0.3 is 5.32 Å². The molecule has 0 bridgehead atoms. The van der Waals surface area contributed by atoms with Crippen LogP contribution in [0.25, 0.3) is 10.9 Å². The van der Waals surface area contributed by atoms with Crippen molar-refractivity contribution in [1.29, 1.82) is 0 Å². The summed E-state index contributed by atoms with van der Waals surface area (Å²) >= 11 is 3.39. The number of halogens is 1. The number of fused-ring (bicyclic) bond motifs is 1. The van der Waals surface area contributed by atoms with Crippen molar-refractivity contribution in [1.82, 2.24) is 14.9 Å². The standard InChI is InChI=1S/C14H18BrN3O/c1-9(2)16-6-7-18-10(3)17-13-5-4-11(15)8-12(13)14(18)19/h4-5,8-9,16H,6-7H2,1-3H3. The SMILES string of the molecule is Cc1nc2ccc(Br)cc2c(=O)n1CCNC(C)C. The molecule has 0 saturated heterocycles. The van der Waals surface area contributed by atoms with E-state index in [-0.39, 0.29) is 5.56 Å². The molecule has 0 unspecified atom stereocenters. The summed E-state index contributed by atoms with van der Waals surface area (Å²) in [5.74, 6) is 0.755. The number of nitrogens with one attached hydrogen (secondary N) is 1. The van der Waals surface area contributed by atoms with Crippen molar-refractivity contribution in [3.05, 3.63) is 38.9 Å². The first-order valence-corrected chi connectivity index (χ1v) is 7.18. The van der Waals surface area contributed by atoms with Gasteiger partial charge in [-0.05, 0) is 25.1 Å². The van der Waals surface area contributed by atoms with Gasteiger partial charge in [0.2, 0.25) is 0 Å². The molecule has 5 heteroatoms. The highest BCUT2D eigenvalue weighted by Crippen LogP contribution is 2.15. The predicted octanol–water partition coefficient (Wildman–Crippen LogP) is 2.47. The number of aryl methyl sites for hydroxylation is 1. The lowest BCUT2D eigenvalue weighted by Crippen LogP contribution is -2.32. The molecule has 1 N–H and O–H groups in total. The fourth-order valence-electron chi connectivity index (χ4n) is 2.03. The Hall–Kier alpha value is -1.20. The predicted molar refractivity (Wildman–Crippen MR) is 81.6 cm³/mol. The van der Waals surface area contributed by atoms with Gasteiger partial charge in [0.15, 0.2) is 0 Å². The lowest BCUT2D eigenvalue weighted by atomic mass is 10.2. The molecule has 19 heavy (non-hydrogen) atoms. The zero-order valence-electron chi connectivity index (χ0n) is 11.4. The maximum absolute atomic E-state index is 12.5. The second kappa shape index (κ2) is 5.84. The van der Waals surface area contributed by atoms with Crippen molar-refractivity contribution in [2.24, 2.45) is 0 Å². The van der Waals surface area contributed by atoms with Crippen LogP contribution < -0.4 is 10.9 Å². The number of nitrogens with zero attached hydrogens (tertiary/aromatic N) is 2. The average Bonchev–Trinajstić information content (AvgIpc) is 2.34. The zero-order chi connectivity index (χ0) is 14.0. The topological polar surface area (TPSA) is 46.9 Å². The molecular weight excluding hydrogens is 306 g/mol. The number of hydrogen-bond acceptors (Lipinski definition) is 3. The third-order valence-electron chi connectivity index (χ3n) is 3.00. The van der Waals surface area contributed by atoms with Gasteiger partial charge in [-0.3, -0.25) is 9.36 Å². The fraction of sp³-hybridized carbons (Fsp3) is 0.429. The fourth-order valence-corrected chi connectivity index (χ4v) is 2.39. The summed E-state index contributed by atoms with van der Waals surface area (Å²) in [4.78, 5) is 16.9. The highest BCUT2D eigenvalue weighted by Gasteiger charge is 2.08. The van der Waals surface area contributed by atoms with Gasteiger partial charge in [-0.25, -0.2) is 4.98 Å². The van der Waals surface area contributed by atoms with E-state index in [4.69, 9.17) is 0 Å². The Balaban J connectivity index is 2.41. The van der Waals surface area contributed by atoms with Crippen LogP contribution in [0, 0.1) is 6.92 Å². The third kappa shape index (κ3) is 3.22. The molecule has 0 radical (unpaired) electrons. The maximum Gasteiger partial charge on any atom is 0.261 e. The van der Waals surface area contributed by atoms with Crippen LogP contribution in [-0.2, 0) is 6.54 Å². The van der Waals surface area contributed by atoms with Crippen LogP contribution in [0.5, 0.6) is 0 Å². The molecule has 1 aromatic carbocycles. The normalized spacial score (nSPS) is 11.4. The Morgan fingerprint density at radius 3 is 2.84 bits per heavy atom. The lowest BCUT2D eigenvalue weighted by molar-refractivity contribution is 0.525. The number of rotatable bonds is 4. The molecule has 1 heterocycles. The van der Waals surface area contributed by atoms with E-state index in [0.29, 0.717) is 18.0 Å². The van der Waals surface area contributed by atoms with Gasteiger partial charge in [-0.2, -0.15) is 0 Å². The van der Waals surface area contributed by atoms with Gasteiger partial charge >= 0.3 is 0 Å². The second-order valence-corrected chi connectivity index (χ2v) is 5.80. The first-order valence-electron chi connectivity index (χ1n) is 6.39. The summed E-state index contributed by atoms with van der Waals surface area (Å²) in [7, 11) is 0. The van der Waals surface area contributed by atoms with Gasteiger partial charge in [0, 0.05) is 23.6 Å². The molecule has 0 aliphatic carbocycles. The highest BCUT2D eigenvalue weighted by molar-refractivity contribution is 9.10. The molecule has 2 rings (SSSR count). The van der Waals surface area contributed by atoms with Crippen molar-refractivity contribution < 1.29 is 0 Å². The highest BCUT2D eigenvalue weighted by atomic mass is 79.9. The summed E-state index contributed by atoms with van der Waals surface area (Å²) in [5, 5.41) is 3.97. The Kier molecular flexibility index (Phi) is 4.37. The Morgan fingerprint density at radius 1 is 1.42 bits per heavy atom. The van der Waals surface area contributed by atoms with Crippen molar-refractivity contribution in [3.63, 3.8) is 0 Å². The van der Waals surface area contributed by atoms with E-state index >= 15 is 0 Å². The summed E-state index contributed by atoms with van der Waals surface area (Å²) in [5.41, 5.74) is 0.771. The average molecular weight is 324 g/mol. The lowest BCUT2D eigenvalue weighted by Gasteiger charge is -2.13. The van der Waals surface area contributed by atoms with Gasteiger partial charge in [0.05, 0.1) is 10.9 Å². The summed E-state index contributed by atoms with van der Waals surface area (Å²) in [6.45, 7) is 7.45. The molecule has 102 valence electrons. The van der Waals surface area contributed by atoms with E-state index in [1.165, 1.54) is 0 Å². The van der Waals surface area contributed by atoms with Crippen LogP contribution in [-0.4, -0.2) is 22.1 Å². The molecule has 0 aliphatic heterocycles. The summed E-state index contributed by atoms with van der Waals surface area (Å²) < 4.78 is 2.62. The molecule has 2 aromatic rings. The largest absolute Gasteiger partial charge is 0.313 e. The van der Waals surface area contributed by atoms with E-state index in [9.17, 15) is 4.79 Å². The Morgan fingerprint density at radius 2 is 2.16 bits per heavy atom. The molecule has 0 amide bonds. The van der Waals surface area contributed by atoms with E-state index in [1.54, 1.807) is 4.57 Å². The Bertz CT molecular complexity index is 649. The molecular formula is C14H18BrN3O. The van der Waals surface area contributed by atoms with Crippen LogP contribution in [0.3, 0.4) is 0 Å². The number of benzene rings is 1. The Labute approximate surface area is 121 Å². The van der Waals surface area contributed by atoms with Crippen LogP contribution >= 0.6 is 15.9 Å². The maximum atomic E-state index is 12.5. The van der Waals surface area contributed by atoms with Gasteiger partial charge in [-0.1, -0.05) is 29.8 Å². The van der Waals surface area contributed by atoms with Crippen molar-refractivity contribution in [2.75, 3.05) is 6.54 Å². The van der Waals surface area contributed by atoms with Crippen LogP contribution in [0.15, 0.2) is 27.5 Å². The summed E-state index contributed by atoms with van der Waals surface area (Å²) in [6, 6.07) is 6.01. The summed E-state index contributed by atoms with van der Waals surface area (Å²) in [6.07, 6.45) is 0. The third-order valence-corrected chi connectivity index (χ3v) is 3.49. The molecule has 0 spiro atoms. The first kappa shape index (κ1) is 14.2. The van der Waals surface area contributed by atoms with E-state index in [2.05, 4.69) is 40.1 Å². The zero-order valence-corrected chi connectivity index (χ0v) is 13.0. The number of aromatic nitrogens is 2. The minimum atomic E-state index is 0.0226. The van der Waals surface area contributed by atoms with Gasteiger partial charge in [-0.15, -0.1) is 0 Å². The van der Waals surface area contributed by atoms with Crippen LogP contribution in [0.1, 0.15) is 19.7 Å². The molecule has 4 nitrogen and oxygen atoms in total. The van der Waals surface area contributed by atoms with E-state index < -0.39 is 0 Å². The quantitative estimate of drug-likeness (QED) is 0.940. The molecule has 0 aliphatic rings. The van der Waals surface area contributed by atoms with E-state index in [1.807, 2.05) is 25.1 Å². The first-order chi connectivity index (χ1) is 8.99. The molecule has 0 atom stereocenters. The smallest absolute Gasteiger partial charge is 0.261 e. The minimum Gasteiger partial charge on any atom is -0.313 e. The van der Waals surface area contributed by atoms with Gasteiger partial charge in [0.25, 0.3) is 5.56 Å². The van der Waals surface area contributed by atoms with Gasteiger partial charge in [0.1, 0.15) is 5.82 Å². The minimum absolute atomic E-state index is 0.0226. The van der Waals surface area contributed by atoms with Crippen molar-refractivity contribution in [3.8, 4) is 0 Å². The van der Waals surface area contributed by atoms with Crippen LogP contribution in [0.2, 0.25) is 0 Å². The monoisotopic (exact) mass is 323 g/mol.